The number of carboxylic acid groups (broad SMARTS) is 1. The Kier molecular flexibility index (Phi) is 5.74. The Hall–Kier alpha value is -2.42. The van der Waals surface area contributed by atoms with E-state index in [0.29, 0.717) is 25.0 Å². The fraction of sp³-hybridized carbons (Fsp3) is 0.440. The Bertz CT molecular complexity index is 856. The lowest BCUT2D eigenvalue weighted by Crippen LogP contribution is -2.39. The molecule has 1 fully saturated rings. The van der Waals surface area contributed by atoms with Gasteiger partial charge >= 0.3 is 5.97 Å². The van der Waals surface area contributed by atoms with Crippen molar-refractivity contribution in [3.8, 4) is 0 Å². The van der Waals surface area contributed by atoms with Crippen molar-refractivity contribution in [1.82, 2.24) is 0 Å². The molecule has 0 bridgehead atoms. The highest BCUT2D eigenvalue weighted by Crippen LogP contribution is 2.42. The van der Waals surface area contributed by atoms with Gasteiger partial charge in [-0.25, -0.2) is 0 Å². The van der Waals surface area contributed by atoms with Gasteiger partial charge in [-0.15, -0.1) is 0 Å². The highest BCUT2D eigenvalue weighted by molar-refractivity contribution is 6.03. The molecule has 1 aliphatic rings. The number of nitrogens with one attached hydrogen (secondary N) is 1. The molecule has 0 atom stereocenters. The van der Waals surface area contributed by atoms with Crippen molar-refractivity contribution in [2.24, 2.45) is 0 Å². The summed E-state index contributed by atoms with van der Waals surface area (Å²) in [5, 5.41) is 19.1. The monoisotopic (exact) mass is 377 g/mol. The average molecular weight is 378 g/mol. The number of hydrogen-bond donors (Lipinski definition) is 2. The van der Waals surface area contributed by atoms with Crippen LogP contribution in [0.25, 0.3) is 0 Å². The number of carbonyl (C=O) groups is 1. The zero-order valence-corrected chi connectivity index (χ0v) is 17.2. The van der Waals surface area contributed by atoms with Gasteiger partial charge in [-0.2, -0.15) is 0 Å². The number of aliphatic carboxylic acids is 1. The van der Waals surface area contributed by atoms with E-state index >= 15 is 0 Å². The second-order valence-corrected chi connectivity index (χ2v) is 9.10. The van der Waals surface area contributed by atoms with E-state index in [9.17, 15) is 9.90 Å². The van der Waals surface area contributed by atoms with Gasteiger partial charge in [0.05, 0.1) is 5.41 Å². The number of carboxylic acids is 1. The summed E-state index contributed by atoms with van der Waals surface area (Å²) in [6, 6.07) is 16.1. The van der Waals surface area contributed by atoms with Gasteiger partial charge in [0, 0.05) is 17.7 Å². The van der Waals surface area contributed by atoms with Crippen LogP contribution in [-0.4, -0.2) is 16.8 Å². The van der Waals surface area contributed by atoms with Gasteiger partial charge in [-0.1, -0.05) is 82.5 Å². The third kappa shape index (κ3) is 4.04. The first kappa shape index (κ1) is 20.3. The fourth-order valence-corrected chi connectivity index (χ4v) is 4.33. The molecule has 2 N–H and O–H groups in total. The van der Waals surface area contributed by atoms with Crippen molar-refractivity contribution in [3.05, 3.63) is 70.8 Å². The maximum absolute atomic E-state index is 12.4. The van der Waals surface area contributed by atoms with Gasteiger partial charge in [0.25, 0.3) is 0 Å². The van der Waals surface area contributed by atoms with Crippen LogP contribution < -0.4 is 0 Å². The first-order valence-corrected chi connectivity index (χ1v) is 10.2. The predicted octanol–water partition coefficient (Wildman–Crippen LogP) is 5.88. The third-order valence-electron chi connectivity index (χ3n) is 6.07. The van der Waals surface area contributed by atoms with Crippen molar-refractivity contribution in [3.63, 3.8) is 0 Å². The van der Waals surface area contributed by atoms with Gasteiger partial charge in [0.2, 0.25) is 0 Å². The Morgan fingerprint density at radius 1 is 1.04 bits per heavy atom. The van der Waals surface area contributed by atoms with E-state index < -0.39 is 11.4 Å². The van der Waals surface area contributed by atoms with Gasteiger partial charge in [0.1, 0.15) is 0 Å². The maximum atomic E-state index is 12.4. The van der Waals surface area contributed by atoms with Crippen molar-refractivity contribution >= 4 is 11.7 Å². The van der Waals surface area contributed by atoms with E-state index in [1.165, 1.54) is 0 Å². The molecule has 0 heterocycles. The summed E-state index contributed by atoms with van der Waals surface area (Å²) in [7, 11) is 0. The molecule has 2 aromatic carbocycles. The van der Waals surface area contributed by atoms with E-state index in [-0.39, 0.29) is 5.41 Å². The van der Waals surface area contributed by atoms with Gasteiger partial charge < -0.3 is 10.5 Å². The summed E-state index contributed by atoms with van der Waals surface area (Å²) < 4.78 is 0. The summed E-state index contributed by atoms with van der Waals surface area (Å²) in [5.74, 6) is -0.746. The van der Waals surface area contributed by atoms with Crippen molar-refractivity contribution in [2.45, 2.75) is 70.1 Å². The second-order valence-electron chi connectivity index (χ2n) is 9.10. The first-order valence-electron chi connectivity index (χ1n) is 10.2. The Balaban J connectivity index is 2.11. The van der Waals surface area contributed by atoms with Crippen LogP contribution in [0.1, 0.15) is 75.1 Å². The van der Waals surface area contributed by atoms with E-state index in [2.05, 4.69) is 32.9 Å². The van der Waals surface area contributed by atoms with Gasteiger partial charge in [-0.3, -0.25) is 4.79 Å². The van der Waals surface area contributed by atoms with Crippen LogP contribution in [0.15, 0.2) is 48.5 Å². The van der Waals surface area contributed by atoms with Crippen LogP contribution in [0.4, 0.5) is 0 Å². The molecule has 1 aliphatic carbocycles. The Morgan fingerprint density at radius 3 is 2.25 bits per heavy atom. The Labute approximate surface area is 168 Å². The normalized spacial score (nSPS) is 16.5. The molecule has 0 aliphatic heterocycles. The van der Waals surface area contributed by atoms with Crippen molar-refractivity contribution in [1.29, 1.82) is 5.41 Å². The van der Waals surface area contributed by atoms with E-state index in [0.717, 1.165) is 41.5 Å². The fourth-order valence-electron chi connectivity index (χ4n) is 4.33. The molecule has 3 rings (SSSR count). The predicted molar refractivity (Wildman–Crippen MR) is 115 cm³/mol. The zero-order valence-electron chi connectivity index (χ0n) is 17.2. The highest BCUT2D eigenvalue weighted by Gasteiger charge is 2.43. The molecule has 148 valence electrons. The standard InChI is InChI=1S/C25H31NO2/c1-24(2,3)19-12-13-21(25(23(27)28)14-8-5-9-15-25)20(17-19)22(26)16-18-10-6-4-7-11-18/h4,6-7,10-13,17,26H,5,8-9,14-16H2,1-3H3,(H,27,28). The molecule has 0 unspecified atom stereocenters. The molecule has 28 heavy (non-hydrogen) atoms. The highest BCUT2D eigenvalue weighted by atomic mass is 16.4. The molecule has 1 saturated carbocycles. The maximum Gasteiger partial charge on any atom is 0.314 e. The van der Waals surface area contributed by atoms with E-state index in [1.54, 1.807) is 0 Å². The van der Waals surface area contributed by atoms with Crippen LogP contribution >= 0.6 is 0 Å². The smallest absolute Gasteiger partial charge is 0.314 e. The van der Waals surface area contributed by atoms with Crippen LogP contribution in [0.5, 0.6) is 0 Å². The van der Waals surface area contributed by atoms with Gasteiger partial charge in [-0.05, 0) is 41.0 Å². The summed E-state index contributed by atoms with van der Waals surface area (Å²) in [6.07, 6.45) is 4.77. The topological polar surface area (TPSA) is 61.1 Å². The molecule has 0 aromatic heterocycles. The van der Waals surface area contributed by atoms with Crippen LogP contribution in [0, 0.1) is 5.41 Å². The quantitative estimate of drug-likeness (QED) is 0.639. The largest absolute Gasteiger partial charge is 0.481 e. The molecular formula is C25H31NO2. The molecule has 3 nitrogen and oxygen atoms in total. The van der Waals surface area contributed by atoms with Crippen LogP contribution in [0.3, 0.4) is 0 Å². The lowest BCUT2D eigenvalue weighted by atomic mass is 9.67. The molecule has 0 spiro atoms. The molecule has 0 saturated heterocycles. The number of rotatable bonds is 5. The minimum absolute atomic E-state index is 0.0523. The molecule has 0 radical (unpaired) electrons. The van der Waals surface area contributed by atoms with Crippen LogP contribution in [-0.2, 0) is 22.0 Å². The summed E-state index contributed by atoms with van der Waals surface area (Å²) in [5.41, 5.74) is 3.43. The van der Waals surface area contributed by atoms with Gasteiger partial charge in [0.15, 0.2) is 0 Å². The summed E-state index contributed by atoms with van der Waals surface area (Å²) in [4.78, 5) is 12.4. The number of hydrogen-bond acceptors (Lipinski definition) is 2. The van der Waals surface area contributed by atoms with E-state index in [4.69, 9.17) is 5.41 Å². The minimum Gasteiger partial charge on any atom is -0.481 e. The minimum atomic E-state index is -0.868. The zero-order chi connectivity index (χ0) is 20.4. The molecule has 0 amide bonds. The van der Waals surface area contributed by atoms with Crippen LogP contribution in [0.2, 0.25) is 0 Å². The lowest BCUT2D eigenvalue weighted by Gasteiger charge is -2.36. The van der Waals surface area contributed by atoms with Crippen molar-refractivity contribution < 1.29 is 9.90 Å². The lowest BCUT2D eigenvalue weighted by molar-refractivity contribution is -0.145. The average Bonchev–Trinajstić information content (AvgIpc) is 2.68. The second kappa shape index (κ2) is 7.90. The summed E-state index contributed by atoms with van der Waals surface area (Å²) >= 11 is 0. The molecule has 2 aromatic rings. The SMILES string of the molecule is CC(C)(C)c1ccc(C2(C(=O)O)CCCCC2)c(C(=N)Cc2ccccc2)c1. The van der Waals surface area contributed by atoms with Crippen molar-refractivity contribution in [2.75, 3.05) is 0 Å². The Morgan fingerprint density at radius 2 is 1.68 bits per heavy atom. The third-order valence-corrected chi connectivity index (χ3v) is 6.07. The summed E-state index contributed by atoms with van der Waals surface area (Å²) in [6.45, 7) is 6.46. The molecule has 3 heteroatoms. The number of benzene rings is 2. The van der Waals surface area contributed by atoms with E-state index in [1.807, 2.05) is 36.4 Å². The first-order chi connectivity index (χ1) is 13.2. The molecular weight excluding hydrogens is 346 g/mol.